The molecule has 2 aliphatic rings. The van der Waals surface area contributed by atoms with Crippen LogP contribution in [0.25, 0.3) is 17.2 Å². The van der Waals surface area contributed by atoms with E-state index in [2.05, 4.69) is 34.1 Å². The van der Waals surface area contributed by atoms with E-state index in [1.807, 2.05) is 6.08 Å². The third kappa shape index (κ3) is 4.86. The van der Waals surface area contributed by atoms with Gasteiger partial charge in [-0.25, -0.2) is 13.5 Å². The Hall–Kier alpha value is -3.14. The molecule has 2 aliphatic heterocycles. The van der Waals surface area contributed by atoms with Crippen LogP contribution in [0.5, 0.6) is 5.75 Å². The SMILES string of the molecule is CC(C)N1CCN(C2=Cc3c(-c4c(Cl)cccc4Cl)c(=O)ncn3NC2(C)Oc2ccc(F)cc2F)CC1. The van der Waals surface area contributed by atoms with E-state index in [-0.39, 0.29) is 11.3 Å². The van der Waals surface area contributed by atoms with Gasteiger partial charge in [0.05, 0.1) is 27.0 Å². The standard InChI is InChI=1S/C27H27Cl2F2N5O2/c1-16(2)34-9-11-35(12-10-34)23-14-21-25(24-18(28)5-4-6-19(24)29)26(37)32-15-36(21)33-27(23,3)38-22-8-7-17(30)13-20(22)31/h4-8,13-16,33H,9-12H2,1-3H3. The van der Waals surface area contributed by atoms with Crippen LogP contribution >= 0.6 is 23.2 Å². The lowest BCUT2D eigenvalue weighted by Crippen LogP contribution is -2.58. The van der Waals surface area contributed by atoms with Gasteiger partial charge in [0.15, 0.2) is 11.6 Å². The third-order valence-corrected chi connectivity index (χ3v) is 7.55. The van der Waals surface area contributed by atoms with E-state index in [9.17, 15) is 13.6 Å². The molecule has 1 aromatic heterocycles. The first-order chi connectivity index (χ1) is 18.1. The summed E-state index contributed by atoms with van der Waals surface area (Å²) in [6.07, 6.45) is 3.15. The Bertz CT molecular complexity index is 1450. The number of hydrogen-bond acceptors (Lipinski definition) is 6. The fraction of sp³-hybridized carbons (Fsp3) is 0.333. The number of aromatic nitrogens is 2. The van der Waals surface area contributed by atoms with Crippen LogP contribution in [-0.4, -0.2) is 57.4 Å². The first-order valence-electron chi connectivity index (χ1n) is 12.3. The summed E-state index contributed by atoms with van der Waals surface area (Å²) in [5, 5.41) is 0.618. The molecule has 200 valence electrons. The van der Waals surface area contributed by atoms with E-state index in [1.165, 1.54) is 17.1 Å². The Balaban J connectivity index is 1.66. The number of piperazine rings is 1. The van der Waals surface area contributed by atoms with Gasteiger partial charge in [0.25, 0.3) is 5.56 Å². The Kier molecular flexibility index (Phi) is 7.11. The van der Waals surface area contributed by atoms with Crippen molar-refractivity contribution in [2.24, 2.45) is 0 Å². The zero-order chi connectivity index (χ0) is 27.2. The number of nitrogens with zero attached hydrogens (tertiary/aromatic N) is 4. The molecule has 11 heteroatoms. The van der Waals surface area contributed by atoms with Gasteiger partial charge in [0, 0.05) is 50.8 Å². The van der Waals surface area contributed by atoms with E-state index < -0.39 is 22.9 Å². The summed E-state index contributed by atoms with van der Waals surface area (Å²) in [5.74, 6) is -1.66. The van der Waals surface area contributed by atoms with Crippen molar-refractivity contribution in [3.05, 3.63) is 86.2 Å². The Morgan fingerprint density at radius 2 is 1.74 bits per heavy atom. The van der Waals surface area contributed by atoms with Crippen LogP contribution in [-0.2, 0) is 0 Å². The van der Waals surface area contributed by atoms with Crippen LogP contribution in [0.15, 0.2) is 53.2 Å². The minimum atomic E-state index is -1.30. The van der Waals surface area contributed by atoms with Gasteiger partial charge in [-0.1, -0.05) is 29.3 Å². The molecule has 0 amide bonds. The molecule has 1 fully saturated rings. The highest BCUT2D eigenvalue weighted by molar-refractivity contribution is 6.39. The van der Waals surface area contributed by atoms with Gasteiger partial charge >= 0.3 is 0 Å². The molecule has 3 heterocycles. The highest BCUT2D eigenvalue weighted by atomic mass is 35.5. The van der Waals surface area contributed by atoms with Crippen LogP contribution in [0.2, 0.25) is 10.0 Å². The fourth-order valence-corrected chi connectivity index (χ4v) is 5.54. The molecular weight excluding hydrogens is 535 g/mol. The molecule has 7 nitrogen and oxygen atoms in total. The van der Waals surface area contributed by atoms with Gasteiger partial charge in [0.2, 0.25) is 5.72 Å². The molecule has 5 rings (SSSR count). The van der Waals surface area contributed by atoms with Crippen molar-refractivity contribution < 1.29 is 13.5 Å². The van der Waals surface area contributed by atoms with Gasteiger partial charge < -0.3 is 9.64 Å². The predicted molar refractivity (Wildman–Crippen MR) is 145 cm³/mol. The summed E-state index contributed by atoms with van der Waals surface area (Å²) < 4.78 is 36.0. The molecule has 1 N–H and O–H groups in total. The van der Waals surface area contributed by atoms with Crippen molar-refractivity contribution in [1.82, 2.24) is 19.5 Å². The Morgan fingerprint density at radius 1 is 1.05 bits per heavy atom. The molecule has 1 atom stereocenters. The molecule has 0 saturated carbocycles. The lowest BCUT2D eigenvalue weighted by Gasteiger charge is -2.46. The van der Waals surface area contributed by atoms with Crippen LogP contribution < -0.4 is 15.7 Å². The van der Waals surface area contributed by atoms with Gasteiger partial charge in [-0.05, 0) is 44.2 Å². The molecule has 1 unspecified atom stereocenters. The van der Waals surface area contributed by atoms with Crippen molar-refractivity contribution in [3.8, 4) is 16.9 Å². The lowest BCUT2D eigenvalue weighted by molar-refractivity contribution is 0.0663. The molecule has 0 spiro atoms. The molecule has 0 bridgehead atoms. The number of benzene rings is 2. The fourth-order valence-electron chi connectivity index (χ4n) is 4.95. The quantitative estimate of drug-likeness (QED) is 0.461. The largest absolute Gasteiger partial charge is 0.458 e. The van der Waals surface area contributed by atoms with E-state index in [4.69, 9.17) is 27.9 Å². The highest BCUT2D eigenvalue weighted by Gasteiger charge is 2.41. The summed E-state index contributed by atoms with van der Waals surface area (Å²) in [5.41, 5.74) is 3.18. The first-order valence-corrected chi connectivity index (χ1v) is 13.0. The second-order valence-electron chi connectivity index (χ2n) is 9.74. The molecule has 3 aromatic rings. The smallest absolute Gasteiger partial charge is 0.281 e. The van der Waals surface area contributed by atoms with E-state index in [1.54, 1.807) is 25.1 Å². The average molecular weight is 562 g/mol. The second kappa shape index (κ2) is 10.2. The van der Waals surface area contributed by atoms with E-state index >= 15 is 0 Å². The molecule has 2 aromatic carbocycles. The minimum absolute atomic E-state index is 0.125. The normalized spacial score (nSPS) is 19.7. The number of hydrogen-bond donors (Lipinski definition) is 1. The Morgan fingerprint density at radius 3 is 2.37 bits per heavy atom. The van der Waals surface area contributed by atoms with Crippen molar-refractivity contribution in [3.63, 3.8) is 0 Å². The molecular formula is C27H27Cl2F2N5O2. The third-order valence-electron chi connectivity index (χ3n) is 6.92. The topological polar surface area (TPSA) is 62.6 Å². The van der Waals surface area contributed by atoms with Gasteiger partial charge in [-0.3, -0.25) is 15.1 Å². The number of ether oxygens (including phenoxy) is 1. The van der Waals surface area contributed by atoms with E-state index in [0.717, 1.165) is 25.2 Å². The summed E-state index contributed by atoms with van der Waals surface area (Å²) in [6.45, 7) is 9.01. The van der Waals surface area contributed by atoms with Crippen molar-refractivity contribution in [1.29, 1.82) is 0 Å². The monoisotopic (exact) mass is 561 g/mol. The molecule has 38 heavy (non-hydrogen) atoms. The van der Waals surface area contributed by atoms with Crippen LogP contribution in [0.3, 0.4) is 0 Å². The van der Waals surface area contributed by atoms with Gasteiger partial charge in [-0.2, -0.15) is 4.98 Å². The highest BCUT2D eigenvalue weighted by Crippen LogP contribution is 2.39. The van der Waals surface area contributed by atoms with Crippen molar-refractivity contribution in [2.45, 2.75) is 32.5 Å². The number of nitrogens with one attached hydrogen (secondary N) is 1. The molecule has 1 saturated heterocycles. The van der Waals surface area contributed by atoms with Crippen LogP contribution in [0.1, 0.15) is 26.5 Å². The predicted octanol–water partition coefficient (Wildman–Crippen LogP) is 5.21. The zero-order valence-corrected chi connectivity index (χ0v) is 22.7. The van der Waals surface area contributed by atoms with Crippen LogP contribution in [0.4, 0.5) is 8.78 Å². The maximum atomic E-state index is 14.7. The maximum absolute atomic E-state index is 14.7. The number of rotatable bonds is 5. The maximum Gasteiger partial charge on any atom is 0.281 e. The summed E-state index contributed by atoms with van der Waals surface area (Å²) in [4.78, 5) is 21.6. The van der Waals surface area contributed by atoms with Crippen molar-refractivity contribution >= 4 is 29.3 Å². The average Bonchev–Trinajstić information content (AvgIpc) is 2.87. The van der Waals surface area contributed by atoms with Crippen molar-refractivity contribution in [2.75, 3.05) is 31.6 Å². The van der Waals surface area contributed by atoms with Gasteiger partial charge in [0.1, 0.15) is 12.1 Å². The molecule has 0 radical (unpaired) electrons. The summed E-state index contributed by atoms with van der Waals surface area (Å²) in [6, 6.07) is 8.57. The number of halogens is 4. The zero-order valence-electron chi connectivity index (χ0n) is 21.1. The first kappa shape index (κ1) is 26.5. The second-order valence-corrected chi connectivity index (χ2v) is 10.6. The van der Waals surface area contributed by atoms with Crippen LogP contribution in [0, 0.1) is 11.6 Å². The summed E-state index contributed by atoms with van der Waals surface area (Å²) >= 11 is 13.0. The summed E-state index contributed by atoms with van der Waals surface area (Å²) in [7, 11) is 0. The number of fused-ring (bicyclic) bond motifs is 1. The molecule has 0 aliphatic carbocycles. The lowest BCUT2D eigenvalue weighted by atomic mass is 10.00. The van der Waals surface area contributed by atoms with E-state index in [0.29, 0.717) is 46.1 Å². The minimum Gasteiger partial charge on any atom is -0.458 e. The Labute approximate surface area is 229 Å². The van der Waals surface area contributed by atoms with Gasteiger partial charge in [-0.15, -0.1) is 0 Å².